The highest BCUT2D eigenvalue weighted by Crippen LogP contribution is 2.30. The summed E-state index contributed by atoms with van der Waals surface area (Å²) in [6, 6.07) is 0. The lowest BCUT2D eigenvalue weighted by Crippen LogP contribution is -2.51. The largest absolute Gasteiger partial charge is 0.450 e. The van der Waals surface area contributed by atoms with E-state index in [1.54, 1.807) is 25.8 Å². The zero-order valence-electron chi connectivity index (χ0n) is 10.7. The number of thioether (sulfide) groups is 1. The molecule has 0 saturated carbocycles. The number of ether oxygens (including phenoxy) is 3. The van der Waals surface area contributed by atoms with Gasteiger partial charge in [0.25, 0.3) is 0 Å². The third kappa shape index (κ3) is 3.47. The molecule has 1 rings (SSSR count). The van der Waals surface area contributed by atoms with Crippen LogP contribution in [0.2, 0.25) is 0 Å². The van der Waals surface area contributed by atoms with Crippen molar-refractivity contribution < 1.29 is 19.0 Å². The fourth-order valence-corrected chi connectivity index (χ4v) is 2.68. The predicted molar refractivity (Wildman–Crippen MR) is 68.0 cm³/mol. The molecule has 5 heteroatoms. The van der Waals surface area contributed by atoms with Crippen LogP contribution in [0.15, 0.2) is 12.2 Å². The molecule has 0 radical (unpaired) electrons. The van der Waals surface area contributed by atoms with Gasteiger partial charge in [0.1, 0.15) is 6.10 Å². The Balaban J connectivity index is 2.87. The van der Waals surface area contributed by atoms with Gasteiger partial charge in [-0.05, 0) is 13.3 Å². The minimum Gasteiger partial charge on any atom is -0.450 e. The molecular weight excluding hydrogens is 240 g/mol. The Morgan fingerprint density at radius 1 is 1.65 bits per heavy atom. The Morgan fingerprint density at radius 3 is 2.88 bits per heavy atom. The lowest BCUT2D eigenvalue weighted by Gasteiger charge is -2.36. The van der Waals surface area contributed by atoms with Crippen molar-refractivity contribution >= 4 is 17.7 Å². The molecule has 4 nitrogen and oxygen atoms in total. The molecule has 0 aromatic heterocycles. The predicted octanol–water partition coefficient (Wildman–Crippen LogP) is 1.99. The van der Waals surface area contributed by atoms with Gasteiger partial charge < -0.3 is 14.2 Å². The average molecular weight is 260 g/mol. The maximum atomic E-state index is 11.7. The molecule has 1 heterocycles. The summed E-state index contributed by atoms with van der Waals surface area (Å²) in [6.07, 6.45) is 0.508. The van der Waals surface area contributed by atoms with Crippen LogP contribution in [0.4, 0.5) is 0 Å². The van der Waals surface area contributed by atoms with Gasteiger partial charge in [-0.1, -0.05) is 13.5 Å². The summed E-state index contributed by atoms with van der Waals surface area (Å²) < 4.78 is 16.5. The van der Waals surface area contributed by atoms with E-state index in [1.807, 2.05) is 6.92 Å². The van der Waals surface area contributed by atoms with Gasteiger partial charge in [0.05, 0.1) is 12.5 Å². The average Bonchev–Trinajstić information content (AvgIpc) is 2.51. The fourth-order valence-electron chi connectivity index (χ4n) is 1.72. The number of rotatable bonds is 4. The maximum absolute atomic E-state index is 11.7. The van der Waals surface area contributed by atoms with Gasteiger partial charge in [-0.15, -0.1) is 11.8 Å². The van der Waals surface area contributed by atoms with E-state index in [1.165, 1.54) is 0 Å². The van der Waals surface area contributed by atoms with Gasteiger partial charge in [0.15, 0.2) is 5.60 Å². The molecule has 0 aromatic rings. The first-order valence-corrected chi connectivity index (χ1v) is 6.78. The van der Waals surface area contributed by atoms with Gasteiger partial charge in [-0.3, -0.25) is 0 Å². The molecule has 2 atom stereocenters. The van der Waals surface area contributed by atoms with Crippen LogP contribution in [-0.4, -0.2) is 43.1 Å². The first kappa shape index (κ1) is 14.5. The lowest BCUT2D eigenvalue weighted by atomic mass is 9.94. The van der Waals surface area contributed by atoms with Gasteiger partial charge in [0.2, 0.25) is 0 Å². The highest BCUT2D eigenvalue weighted by Gasteiger charge is 2.43. The van der Waals surface area contributed by atoms with E-state index in [9.17, 15) is 4.79 Å². The zero-order valence-corrected chi connectivity index (χ0v) is 11.5. The highest BCUT2D eigenvalue weighted by atomic mass is 32.2. The highest BCUT2D eigenvalue weighted by molar-refractivity contribution is 7.99. The molecule has 98 valence electrons. The first-order valence-electron chi connectivity index (χ1n) is 5.63. The van der Waals surface area contributed by atoms with E-state index >= 15 is 0 Å². The summed E-state index contributed by atoms with van der Waals surface area (Å²) in [5.41, 5.74) is -0.307. The van der Waals surface area contributed by atoms with Crippen molar-refractivity contribution in [2.75, 3.05) is 25.4 Å². The molecule has 2 unspecified atom stereocenters. The van der Waals surface area contributed by atoms with Crippen LogP contribution in [-0.2, 0) is 19.0 Å². The normalized spacial score (nSPS) is 29.5. The summed E-state index contributed by atoms with van der Waals surface area (Å²) in [5, 5.41) is 0. The summed E-state index contributed by atoms with van der Waals surface area (Å²) in [6.45, 7) is 7.58. The molecule has 1 saturated heterocycles. The first-order chi connectivity index (χ1) is 8.05. The van der Waals surface area contributed by atoms with Crippen molar-refractivity contribution in [3.05, 3.63) is 12.2 Å². The quantitative estimate of drug-likeness (QED) is 0.571. The van der Waals surface area contributed by atoms with E-state index in [2.05, 4.69) is 6.58 Å². The minimum atomic E-state index is -0.700. The van der Waals surface area contributed by atoms with Crippen LogP contribution in [0.5, 0.6) is 0 Å². The Hall–Kier alpha value is -0.520. The second kappa shape index (κ2) is 6.42. The van der Waals surface area contributed by atoms with Crippen molar-refractivity contribution in [2.45, 2.75) is 32.0 Å². The number of carbonyl (C=O) groups is 1. The molecule has 0 aliphatic carbocycles. The van der Waals surface area contributed by atoms with Crippen LogP contribution in [0, 0.1) is 0 Å². The molecule has 17 heavy (non-hydrogen) atoms. The Kier molecular flexibility index (Phi) is 5.49. The number of carbonyl (C=O) groups excluding carboxylic acids is 1. The maximum Gasteiger partial charge on any atom is 0.333 e. The Morgan fingerprint density at radius 2 is 2.35 bits per heavy atom. The summed E-state index contributed by atoms with van der Waals surface area (Å²) in [5.74, 6) is 0.976. The smallest absolute Gasteiger partial charge is 0.333 e. The van der Waals surface area contributed by atoms with E-state index in [0.29, 0.717) is 24.5 Å². The molecule has 0 N–H and O–H groups in total. The number of methoxy groups -OCH3 is 1. The van der Waals surface area contributed by atoms with Gasteiger partial charge >= 0.3 is 5.97 Å². The van der Waals surface area contributed by atoms with E-state index in [0.717, 1.165) is 5.75 Å². The van der Waals surface area contributed by atoms with Crippen LogP contribution in [0.25, 0.3) is 0 Å². The van der Waals surface area contributed by atoms with Crippen molar-refractivity contribution in [2.24, 2.45) is 0 Å². The zero-order chi connectivity index (χ0) is 12.9. The monoisotopic (exact) mass is 260 g/mol. The van der Waals surface area contributed by atoms with Crippen molar-refractivity contribution in [1.82, 2.24) is 0 Å². The fraction of sp³-hybridized carbons (Fsp3) is 0.750. The van der Waals surface area contributed by atoms with Crippen LogP contribution < -0.4 is 0 Å². The molecule has 0 spiro atoms. The van der Waals surface area contributed by atoms with E-state index in [-0.39, 0.29) is 12.1 Å². The second-order valence-electron chi connectivity index (χ2n) is 4.15. The number of hydrogen-bond acceptors (Lipinski definition) is 5. The molecule has 0 amide bonds. The third-order valence-corrected chi connectivity index (χ3v) is 3.77. The Labute approximate surface area is 107 Å². The summed E-state index contributed by atoms with van der Waals surface area (Å²) in [4.78, 5) is 11.7. The van der Waals surface area contributed by atoms with Crippen LogP contribution >= 0.6 is 11.8 Å². The molecule has 0 aromatic carbocycles. The summed E-state index contributed by atoms with van der Waals surface area (Å²) in [7, 11) is 1.63. The van der Waals surface area contributed by atoms with E-state index < -0.39 is 5.60 Å². The SMILES string of the molecule is C=C(C)C(=O)OC1(CC)COCSCC1OC. The molecular formula is C12H20O4S. The van der Waals surface area contributed by atoms with E-state index in [4.69, 9.17) is 14.2 Å². The topological polar surface area (TPSA) is 44.8 Å². The number of hydrogen-bond donors (Lipinski definition) is 0. The van der Waals surface area contributed by atoms with Crippen molar-refractivity contribution in [1.29, 1.82) is 0 Å². The molecule has 1 fully saturated rings. The summed E-state index contributed by atoms with van der Waals surface area (Å²) >= 11 is 1.64. The van der Waals surface area contributed by atoms with Crippen molar-refractivity contribution in [3.8, 4) is 0 Å². The molecule has 0 bridgehead atoms. The van der Waals surface area contributed by atoms with Crippen LogP contribution in [0.1, 0.15) is 20.3 Å². The Bertz CT molecular complexity index is 292. The van der Waals surface area contributed by atoms with Crippen molar-refractivity contribution in [3.63, 3.8) is 0 Å². The minimum absolute atomic E-state index is 0.150. The number of esters is 1. The third-order valence-electron chi connectivity index (χ3n) is 2.90. The molecule has 1 aliphatic rings. The second-order valence-corrected chi connectivity index (χ2v) is 5.13. The molecule has 1 aliphatic heterocycles. The van der Waals surface area contributed by atoms with Gasteiger partial charge in [-0.2, -0.15) is 0 Å². The lowest BCUT2D eigenvalue weighted by molar-refractivity contribution is -0.180. The standard InChI is InChI=1S/C12H20O4S/c1-5-12(16-11(13)9(2)3)7-15-8-17-6-10(12)14-4/h10H,2,5-8H2,1,3-4H3. The van der Waals surface area contributed by atoms with Gasteiger partial charge in [-0.25, -0.2) is 4.79 Å². The van der Waals surface area contributed by atoms with Gasteiger partial charge in [0, 0.05) is 18.4 Å². The van der Waals surface area contributed by atoms with Crippen LogP contribution in [0.3, 0.4) is 0 Å².